The third-order valence-electron chi connectivity index (χ3n) is 4.38. The lowest BCUT2D eigenvalue weighted by Gasteiger charge is -2.36. The van der Waals surface area contributed by atoms with Crippen LogP contribution in [0.2, 0.25) is 0 Å². The molecular weight excluding hydrogens is 349 g/mol. The van der Waals surface area contributed by atoms with Crippen molar-refractivity contribution in [1.29, 1.82) is 0 Å². The Kier molecular flexibility index (Phi) is 4.27. The molecule has 1 aromatic heterocycles. The van der Waals surface area contributed by atoms with E-state index in [0.717, 1.165) is 6.08 Å². The summed E-state index contributed by atoms with van der Waals surface area (Å²) >= 11 is 0. The highest BCUT2D eigenvalue weighted by atomic mass is 19.4. The minimum Gasteiger partial charge on any atom is -0.364 e. The normalized spacial score (nSPS) is 23.1. The van der Waals surface area contributed by atoms with E-state index >= 15 is 0 Å². The van der Waals surface area contributed by atoms with E-state index in [9.17, 15) is 23.3 Å². The number of halogens is 3. The fraction of sp³-hybridized carbons (Fsp3) is 0.167. The zero-order valence-corrected chi connectivity index (χ0v) is 13.3. The fourth-order valence-corrected chi connectivity index (χ4v) is 3.12. The molecule has 0 fully saturated rings. The molecule has 3 rings (SSSR count). The zero-order chi connectivity index (χ0) is 18.9. The maximum Gasteiger partial charge on any atom is 0.408 e. The fourth-order valence-electron chi connectivity index (χ4n) is 3.12. The number of hydrogen-bond donors (Lipinski definition) is 0. The smallest absolute Gasteiger partial charge is 0.364 e. The maximum absolute atomic E-state index is 13.9. The van der Waals surface area contributed by atoms with Gasteiger partial charge in [-0.15, -0.1) is 6.58 Å². The lowest BCUT2D eigenvalue weighted by Crippen LogP contribution is -2.50. The van der Waals surface area contributed by atoms with Gasteiger partial charge in [-0.2, -0.15) is 13.2 Å². The Morgan fingerprint density at radius 2 is 1.96 bits per heavy atom. The van der Waals surface area contributed by atoms with Crippen LogP contribution in [-0.4, -0.2) is 22.3 Å². The van der Waals surface area contributed by atoms with Crippen LogP contribution in [0.4, 0.5) is 13.2 Å². The number of nitro groups is 1. The summed E-state index contributed by atoms with van der Waals surface area (Å²) in [4.78, 5) is 10.9. The van der Waals surface area contributed by atoms with E-state index in [1.165, 1.54) is 30.5 Å². The topological polar surface area (TPSA) is 69.2 Å². The van der Waals surface area contributed by atoms with E-state index in [2.05, 4.69) is 11.7 Å². The summed E-state index contributed by atoms with van der Waals surface area (Å²) in [6, 6.07) is 7.24. The first-order valence-electron chi connectivity index (χ1n) is 7.55. The van der Waals surface area contributed by atoms with Crippen LogP contribution in [-0.2, 0) is 0 Å². The lowest BCUT2D eigenvalue weighted by molar-refractivity contribution is -0.530. The van der Waals surface area contributed by atoms with E-state index in [1.54, 1.807) is 18.2 Å². The Balaban J connectivity index is 2.36. The van der Waals surface area contributed by atoms with E-state index in [4.69, 9.17) is 4.52 Å². The molecule has 26 heavy (non-hydrogen) atoms. The van der Waals surface area contributed by atoms with Gasteiger partial charge in [0.05, 0.1) is 0 Å². The van der Waals surface area contributed by atoms with Crippen LogP contribution >= 0.6 is 0 Å². The van der Waals surface area contributed by atoms with E-state index in [-0.39, 0.29) is 16.8 Å². The summed E-state index contributed by atoms with van der Waals surface area (Å²) in [5, 5.41) is 15.6. The van der Waals surface area contributed by atoms with Crippen LogP contribution in [0.3, 0.4) is 0 Å². The van der Waals surface area contributed by atoms with Crippen molar-refractivity contribution in [2.24, 2.45) is 5.41 Å². The molecule has 1 aliphatic rings. The summed E-state index contributed by atoms with van der Waals surface area (Å²) in [7, 11) is 0. The molecule has 2 unspecified atom stereocenters. The van der Waals surface area contributed by atoms with Crippen molar-refractivity contribution in [2.45, 2.75) is 12.2 Å². The third kappa shape index (κ3) is 2.63. The largest absolute Gasteiger partial charge is 0.408 e. The Morgan fingerprint density at radius 1 is 1.27 bits per heavy atom. The molecule has 2 aromatic rings. The summed E-state index contributed by atoms with van der Waals surface area (Å²) in [6.07, 6.45) is -1.11. The van der Waals surface area contributed by atoms with Crippen molar-refractivity contribution in [3.05, 3.63) is 88.8 Å². The quantitative estimate of drug-likeness (QED) is 0.455. The van der Waals surface area contributed by atoms with Crippen LogP contribution < -0.4 is 0 Å². The molecule has 1 aliphatic carbocycles. The van der Waals surface area contributed by atoms with Crippen LogP contribution in [0, 0.1) is 15.5 Å². The molecule has 0 amide bonds. The number of nitrogens with zero attached hydrogens (tertiary/aromatic N) is 2. The van der Waals surface area contributed by atoms with Gasteiger partial charge in [0.2, 0.25) is 0 Å². The van der Waals surface area contributed by atoms with Crippen LogP contribution in [0.25, 0.3) is 11.1 Å². The van der Waals surface area contributed by atoms with E-state index in [0.29, 0.717) is 11.6 Å². The van der Waals surface area contributed by atoms with Crippen molar-refractivity contribution in [3.8, 4) is 0 Å². The maximum atomic E-state index is 13.9. The molecule has 0 aliphatic heterocycles. The molecule has 0 spiro atoms. The average Bonchev–Trinajstić information content (AvgIpc) is 3.14. The summed E-state index contributed by atoms with van der Waals surface area (Å²) in [5.41, 5.74) is -2.22. The number of allylic oxidation sites excluding steroid dienone is 2. The van der Waals surface area contributed by atoms with Gasteiger partial charge in [-0.1, -0.05) is 53.7 Å². The van der Waals surface area contributed by atoms with E-state index < -0.39 is 22.6 Å². The first kappa shape index (κ1) is 17.7. The number of hydrogen-bond acceptors (Lipinski definition) is 4. The van der Waals surface area contributed by atoms with Gasteiger partial charge < -0.3 is 4.52 Å². The van der Waals surface area contributed by atoms with Crippen molar-refractivity contribution >= 4 is 11.1 Å². The first-order valence-corrected chi connectivity index (χ1v) is 7.55. The Bertz CT molecular complexity index is 886. The second-order valence-electron chi connectivity index (χ2n) is 5.73. The molecule has 0 N–H and O–H groups in total. The summed E-state index contributed by atoms with van der Waals surface area (Å²) in [5.74, 6) is 0. The van der Waals surface area contributed by atoms with Crippen molar-refractivity contribution < 1.29 is 22.6 Å². The SMILES string of the molecule is C=CC1(C(F)(F)F)C=CC(c2ccon2)=C(c2ccccc2)C1[N+](=O)[O-]. The summed E-state index contributed by atoms with van der Waals surface area (Å²) in [6.45, 7) is 3.24. The molecule has 1 aromatic carbocycles. The average molecular weight is 362 g/mol. The minimum atomic E-state index is -4.90. The van der Waals surface area contributed by atoms with Crippen LogP contribution in [0.1, 0.15) is 11.3 Å². The molecule has 5 nitrogen and oxygen atoms in total. The molecule has 0 radical (unpaired) electrons. The molecule has 0 bridgehead atoms. The molecule has 2 atom stereocenters. The highest BCUT2D eigenvalue weighted by Gasteiger charge is 2.64. The van der Waals surface area contributed by atoms with Gasteiger partial charge in [0, 0.05) is 22.1 Å². The third-order valence-corrected chi connectivity index (χ3v) is 4.38. The van der Waals surface area contributed by atoms with Gasteiger partial charge in [-0.3, -0.25) is 10.1 Å². The second-order valence-corrected chi connectivity index (χ2v) is 5.73. The van der Waals surface area contributed by atoms with Gasteiger partial charge in [0.15, 0.2) is 5.41 Å². The monoisotopic (exact) mass is 362 g/mol. The number of alkyl halides is 3. The van der Waals surface area contributed by atoms with Crippen molar-refractivity contribution in [1.82, 2.24) is 5.16 Å². The highest BCUT2D eigenvalue weighted by molar-refractivity contribution is 5.98. The highest BCUT2D eigenvalue weighted by Crippen LogP contribution is 2.52. The predicted octanol–water partition coefficient (Wildman–Crippen LogP) is 4.54. The standard InChI is InChI=1S/C18H13F3N2O3/c1-2-17(18(19,20)21)10-8-13(14-9-11-26-22-14)15(16(17)23(24)25)12-6-4-3-5-7-12/h2-11,16H,1H2. The van der Waals surface area contributed by atoms with Crippen molar-refractivity contribution in [2.75, 3.05) is 0 Å². The summed E-state index contributed by atoms with van der Waals surface area (Å²) < 4.78 is 46.4. The van der Waals surface area contributed by atoms with Gasteiger partial charge in [-0.25, -0.2) is 0 Å². The lowest BCUT2D eigenvalue weighted by atomic mass is 9.69. The molecular formula is C18H13F3N2O3. The minimum absolute atomic E-state index is 0.0933. The molecule has 1 heterocycles. The Hall–Kier alpha value is -3.16. The molecule has 8 heteroatoms. The Morgan fingerprint density at radius 3 is 2.46 bits per heavy atom. The number of rotatable bonds is 4. The predicted molar refractivity (Wildman–Crippen MR) is 88.4 cm³/mol. The van der Waals surface area contributed by atoms with Crippen molar-refractivity contribution in [3.63, 3.8) is 0 Å². The van der Waals surface area contributed by atoms with E-state index in [1.807, 2.05) is 0 Å². The second kappa shape index (κ2) is 6.29. The number of benzene rings is 1. The van der Waals surface area contributed by atoms with Gasteiger partial charge in [0.25, 0.3) is 6.04 Å². The van der Waals surface area contributed by atoms with Gasteiger partial charge in [-0.05, 0) is 5.56 Å². The van der Waals surface area contributed by atoms with Crippen LogP contribution in [0.15, 0.2) is 72.0 Å². The Labute approximate surface area is 146 Å². The molecule has 0 saturated heterocycles. The molecule has 134 valence electrons. The van der Waals surface area contributed by atoms with Gasteiger partial charge in [0.1, 0.15) is 12.0 Å². The number of aromatic nitrogens is 1. The molecule has 0 saturated carbocycles. The zero-order valence-electron chi connectivity index (χ0n) is 13.3. The first-order chi connectivity index (χ1) is 12.3. The van der Waals surface area contributed by atoms with Crippen LogP contribution in [0.5, 0.6) is 0 Å². The van der Waals surface area contributed by atoms with Gasteiger partial charge >= 0.3 is 6.18 Å².